The van der Waals surface area contributed by atoms with E-state index in [9.17, 15) is 0 Å². The molecule has 16 heavy (non-hydrogen) atoms. The second kappa shape index (κ2) is 5.37. The van der Waals surface area contributed by atoms with Crippen LogP contribution in [0.1, 0.15) is 4.88 Å². The van der Waals surface area contributed by atoms with Gasteiger partial charge in [-0.3, -0.25) is 0 Å². The molecule has 1 N–H and O–H groups in total. The minimum absolute atomic E-state index is 0.816. The molecule has 4 heteroatoms. The topological polar surface area (TPSA) is 21.3 Å². The molecule has 1 heterocycles. The molecule has 0 bridgehead atoms. The van der Waals surface area contributed by atoms with Crippen molar-refractivity contribution in [2.45, 2.75) is 6.54 Å². The van der Waals surface area contributed by atoms with Gasteiger partial charge in [0.15, 0.2) is 0 Å². The van der Waals surface area contributed by atoms with Crippen LogP contribution in [0.2, 0.25) is 0 Å². The Bertz CT molecular complexity index is 470. The first kappa shape index (κ1) is 11.5. The molecule has 0 aliphatic rings. The Morgan fingerprint density at radius 3 is 2.75 bits per heavy atom. The van der Waals surface area contributed by atoms with E-state index in [0.717, 1.165) is 21.8 Å². The molecular weight excluding hydrogens is 286 g/mol. The average Bonchev–Trinajstić information content (AvgIpc) is 2.73. The fourth-order valence-electron chi connectivity index (χ4n) is 1.42. The molecule has 0 saturated heterocycles. The highest BCUT2D eigenvalue weighted by Gasteiger charge is 2.02. The first-order valence-electron chi connectivity index (χ1n) is 4.90. The highest BCUT2D eigenvalue weighted by atomic mass is 79.9. The molecule has 84 valence electrons. The Kier molecular flexibility index (Phi) is 3.85. The number of para-hydroxylation sites is 2. The molecule has 0 fully saturated rings. The van der Waals surface area contributed by atoms with E-state index >= 15 is 0 Å². The van der Waals surface area contributed by atoms with Gasteiger partial charge < -0.3 is 10.1 Å². The third-order valence-electron chi connectivity index (χ3n) is 2.19. The first-order valence-corrected chi connectivity index (χ1v) is 6.51. The standard InChI is InChI=1S/C12H12BrNOS/c1-15-11-5-3-2-4-10(11)14-8-9-6-7-12(13)16-9/h2-7,14H,8H2,1H3. The Morgan fingerprint density at radius 2 is 2.06 bits per heavy atom. The number of anilines is 1. The van der Waals surface area contributed by atoms with Crippen LogP contribution >= 0.6 is 27.3 Å². The van der Waals surface area contributed by atoms with E-state index in [4.69, 9.17) is 4.74 Å². The van der Waals surface area contributed by atoms with Crippen LogP contribution in [0, 0.1) is 0 Å². The van der Waals surface area contributed by atoms with Crippen molar-refractivity contribution < 1.29 is 4.74 Å². The van der Waals surface area contributed by atoms with Crippen molar-refractivity contribution in [2.75, 3.05) is 12.4 Å². The minimum atomic E-state index is 0.816. The first-order chi connectivity index (χ1) is 7.79. The van der Waals surface area contributed by atoms with Crippen LogP contribution in [0.25, 0.3) is 0 Å². The van der Waals surface area contributed by atoms with E-state index in [1.165, 1.54) is 4.88 Å². The molecule has 0 atom stereocenters. The lowest BCUT2D eigenvalue weighted by molar-refractivity contribution is 0.416. The quantitative estimate of drug-likeness (QED) is 0.916. The zero-order valence-electron chi connectivity index (χ0n) is 8.87. The number of hydrogen-bond donors (Lipinski definition) is 1. The Hall–Kier alpha value is -1.000. The predicted molar refractivity (Wildman–Crippen MR) is 72.3 cm³/mol. The molecular formula is C12H12BrNOS. The van der Waals surface area contributed by atoms with Gasteiger partial charge in [0.25, 0.3) is 0 Å². The summed E-state index contributed by atoms with van der Waals surface area (Å²) >= 11 is 5.19. The lowest BCUT2D eigenvalue weighted by Gasteiger charge is -2.09. The van der Waals surface area contributed by atoms with Crippen LogP contribution in [0.4, 0.5) is 5.69 Å². The highest BCUT2D eigenvalue weighted by molar-refractivity contribution is 9.11. The third-order valence-corrected chi connectivity index (χ3v) is 3.81. The van der Waals surface area contributed by atoms with Gasteiger partial charge in [-0.25, -0.2) is 0 Å². The zero-order valence-corrected chi connectivity index (χ0v) is 11.3. The number of hydrogen-bond acceptors (Lipinski definition) is 3. The van der Waals surface area contributed by atoms with E-state index in [0.29, 0.717) is 0 Å². The molecule has 0 aliphatic carbocycles. The van der Waals surface area contributed by atoms with E-state index in [2.05, 4.69) is 33.4 Å². The number of ether oxygens (including phenoxy) is 1. The fourth-order valence-corrected chi connectivity index (χ4v) is 2.84. The molecule has 0 aliphatic heterocycles. The van der Waals surface area contributed by atoms with Crippen LogP contribution in [0.15, 0.2) is 40.2 Å². The van der Waals surface area contributed by atoms with Crippen LogP contribution in [0.3, 0.4) is 0 Å². The summed E-state index contributed by atoms with van der Waals surface area (Å²) in [5.74, 6) is 0.873. The van der Waals surface area contributed by atoms with E-state index in [1.54, 1.807) is 18.4 Å². The summed E-state index contributed by atoms with van der Waals surface area (Å²) in [5.41, 5.74) is 1.02. The van der Waals surface area contributed by atoms with Gasteiger partial charge in [-0.2, -0.15) is 0 Å². The molecule has 0 saturated carbocycles. The van der Waals surface area contributed by atoms with Crippen LogP contribution in [-0.2, 0) is 6.54 Å². The monoisotopic (exact) mass is 297 g/mol. The SMILES string of the molecule is COc1ccccc1NCc1ccc(Br)s1. The number of methoxy groups -OCH3 is 1. The van der Waals surface area contributed by atoms with Crippen molar-refractivity contribution in [3.8, 4) is 5.75 Å². The summed E-state index contributed by atoms with van der Waals surface area (Å²) in [7, 11) is 1.68. The van der Waals surface area contributed by atoms with Crippen molar-refractivity contribution in [3.05, 3.63) is 45.1 Å². The maximum atomic E-state index is 5.27. The second-order valence-corrected chi connectivity index (χ2v) is 5.81. The maximum Gasteiger partial charge on any atom is 0.141 e. The maximum absolute atomic E-state index is 5.27. The summed E-state index contributed by atoms with van der Waals surface area (Å²) in [6, 6.07) is 12.1. The Labute approximate surface area is 107 Å². The molecule has 0 spiro atoms. The van der Waals surface area contributed by atoms with Crippen molar-refractivity contribution in [1.29, 1.82) is 0 Å². The van der Waals surface area contributed by atoms with Gasteiger partial charge in [0.05, 0.1) is 16.6 Å². The summed E-state index contributed by atoms with van der Waals surface area (Å²) in [4.78, 5) is 1.29. The summed E-state index contributed by atoms with van der Waals surface area (Å²) in [6.07, 6.45) is 0. The molecule has 2 aromatic rings. The van der Waals surface area contributed by atoms with Gasteiger partial charge in [-0.15, -0.1) is 11.3 Å². The van der Waals surface area contributed by atoms with Crippen molar-refractivity contribution in [3.63, 3.8) is 0 Å². The third kappa shape index (κ3) is 2.77. The Morgan fingerprint density at radius 1 is 1.25 bits per heavy atom. The number of rotatable bonds is 4. The molecule has 2 rings (SSSR count). The summed E-state index contributed by atoms with van der Waals surface area (Å²) in [6.45, 7) is 0.816. The molecule has 1 aromatic carbocycles. The highest BCUT2D eigenvalue weighted by Crippen LogP contribution is 2.26. The summed E-state index contributed by atoms with van der Waals surface area (Å²) < 4.78 is 6.43. The number of benzene rings is 1. The largest absolute Gasteiger partial charge is 0.495 e. The Balaban J connectivity index is 2.04. The predicted octanol–water partition coefficient (Wildman–Crippen LogP) is 4.13. The second-order valence-electron chi connectivity index (χ2n) is 3.26. The molecule has 0 radical (unpaired) electrons. The molecule has 2 nitrogen and oxygen atoms in total. The minimum Gasteiger partial charge on any atom is -0.495 e. The van der Waals surface area contributed by atoms with Gasteiger partial charge in [0.1, 0.15) is 5.75 Å². The number of thiophene rings is 1. The van der Waals surface area contributed by atoms with Crippen LogP contribution in [-0.4, -0.2) is 7.11 Å². The van der Waals surface area contributed by atoms with E-state index < -0.39 is 0 Å². The molecule has 1 aromatic heterocycles. The van der Waals surface area contributed by atoms with Crippen molar-refractivity contribution in [1.82, 2.24) is 0 Å². The lowest BCUT2D eigenvalue weighted by Crippen LogP contribution is -1.99. The van der Waals surface area contributed by atoms with Gasteiger partial charge in [0.2, 0.25) is 0 Å². The smallest absolute Gasteiger partial charge is 0.141 e. The normalized spacial score (nSPS) is 10.1. The molecule has 0 amide bonds. The van der Waals surface area contributed by atoms with Gasteiger partial charge in [-0.1, -0.05) is 12.1 Å². The lowest BCUT2D eigenvalue weighted by atomic mass is 10.3. The van der Waals surface area contributed by atoms with Crippen molar-refractivity contribution in [2.24, 2.45) is 0 Å². The van der Waals surface area contributed by atoms with Crippen LogP contribution in [0.5, 0.6) is 5.75 Å². The van der Waals surface area contributed by atoms with Gasteiger partial charge in [0, 0.05) is 11.4 Å². The number of halogens is 1. The van der Waals surface area contributed by atoms with Crippen LogP contribution < -0.4 is 10.1 Å². The van der Waals surface area contributed by atoms with E-state index in [-0.39, 0.29) is 0 Å². The van der Waals surface area contributed by atoms with E-state index in [1.807, 2.05) is 24.3 Å². The fraction of sp³-hybridized carbons (Fsp3) is 0.167. The van der Waals surface area contributed by atoms with Gasteiger partial charge >= 0.3 is 0 Å². The zero-order chi connectivity index (χ0) is 11.4. The van der Waals surface area contributed by atoms with Crippen molar-refractivity contribution >= 4 is 33.0 Å². The van der Waals surface area contributed by atoms with Gasteiger partial charge in [-0.05, 0) is 40.2 Å². The average molecular weight is 298 g/mol. The number of nitrogens with one attached hydrogen (secondary N) is 1. The summed E-state index contributed by atoms with van der Waals surface area (Å²) in [5, 5.41) is 3.36. The molecule has 0 unspecified atom stereocenters.